The number of aromatic nitrogens is 1. The molecule has 3 rings (SSSR count). The van der Waals surface area contributed by atoms with Crippen LogP contribution >= 0.6 is 0 Å². The molecule has 2 amide bonds. The van der Waals surface area contributed by atoms with Gasteiger partial charge in [-0.15, -0.1) is 0 Å². The number of nitrogens with zero attached hydrogens (tertiary/aromatic N) is 1. The normalized spacial score (nSPS) is 10.4. The Morgan fingerprint density at radius 3 is 2.79 bits per heavy atom. The van der Waals surface area contributed by atoms with E-state index >= 15 is 0 Å². The molecule has 0 saturated heterocycles. The van der Waals surface area contributed by atoms with Crippen molar-refractivity contribution in [3.05, 3.63) is 66.6 Å². The second-order valence-corrected chi connectivity index (χ2v) is 5.09. The van der Waals surface area contributed by atoms with Gasteiger partial charge in [0.2, 0.25) is 0 Å². The fourth-order valence-corrected chi connectivity index (χ4v) is 2.19. The van der Waals surface area contributed by atoms with Gasteiger partial charge in [0.25, 0.3) is 0 Å². The van der Waals surface area contributed by atoms with Crippen LogP contribution in [0.25, 0.3) is 10.9 Å². The molecule has 0 aliphatic carbocycles. The molecule has 1 aromatic heterocycles. The highest BCUT2D eigenvalue weighted by atomic mass is 19.1. The molecule has 0 spiro atoms. The average Bonchev–Trinajstić information content (AvgIpc) is 2.60. The van der Waals surface area contributed by atoms with E-state index in [2.05, 4.69) is 15.6 Å². The number of rotatable bonds is 5. The van der Waals surface area contributed by atoms with Gasteiger partial charge in [-0.2, -0.15) is 0 Å². The molecule has 2 N–H and O–H groups in total. The Bertz CT molecular complexity index is 837. The van der Waals surface area contributed by atoms with E-state index in [1.54, 1.807) is 6.20 Å². The van der Waals surface area contributed by atoms with E-state index in [1.165, 1.54) is 24.3 Å². The summed E-state index contributed by atoms with van der Waals surface area (Å²) in [6, 6.07) is 14.7. The van der Waals surface area contributed by atoms with Gasteiger partial charge in [-0.05, 0) is 48.5 Å². The number of amides is 2. The van der Waals surface area contributed by atoms with E-state index in [9.17, 15) is 9.18 Å². The number of carbonyl (C=O) groups excluding carboxylic acids is 1. The molecule has 6 heteroatoms. The van der Waals surface area contributed by atoms with Gasteiger partial charge in [0.05, 0.1) is 12.1 Å². The minimum absolute atomic E-state index is 0.336. The number of anilines is 1. The number of pyridine rings is 1. The first-order valence-electron chi connectivity index (χ1n) is 7.49. The average molecular weight is 325 g/mol. The molecule has 0 aliphatic rings. The number of hydrogen-bond acceptors (Lipinski definition) is 3. The van der Waals surface area contributed by atoms with Crippen LogP contribution in [-0.2, 0) is 0 Å². The Kier molecular flexibility index (Phi) is 4.86. The topological polar surface area (TPSA) is 63.2 Å². The third kappa shape index (κ3) is 4.19. The number of carbonyl (C=O) groups is 1. The molecule has 0 fully saturated rings. The lowest BCUT2D eigenvalue weighted by Crippen LogP contribution is -2.32. The van der Waals surface area contributed by atoms with Crippen molar-refractivity contribution in [2.75, 3.05) is 18.5 Å². The van der Waals surface area contributed by atoms with Gasteiger partial charge in [-0.1, -0.05) is 6.07 Å². The number of benzene rings is 2. The maximum Gasteiger partial charge on any atom is 0.319 e. The fraction of sp³-hybridized carbons (Fsp3) is 0.111. The van der Waals surface area contributed by atoms with E-state index in [1.807, 2.05) is 30.3 Å². The molecule has 0 bridgehead atoms. The van der Waals surface area contributed by atoms with Crippen LogP contribution in [0.3, 0.4) is 0 Å². The maximum absolute atomic E-state index is 12.8. The van der Waals surface area contributed by atoms with Crippen molar-refractivity contribution in [1.29, 1.82) is 0 Å². The maximum atomic E-state index is 12.8. The smallest absolute Gasteiger partial charge is 0.319 e. The molecule has 0 atom stereocenters. The minimum atomic E-state index is -0.368. The van der Waals surface area contributed by atoms with Crippen molar-refractivity contribution in [2.24, 2.45) is 0 Å². The number of fused-ring (bicyclic) bond motifs is 1. The Morgan fingerprint density at radius 1 is 1.12 bits per heavy atom. The standard InChI is InChI=1S/C18H16FN3O2/c19-14-3-5-15(6-4-14)22-18(23)21-10-11-24-16-7-8-17-13(12-16)2-1-9-20-17/h1-9,12H,10-11H2,(H2,21,22,23). The summed E-state index contributed by atoms with van der Waals surface area (Å²) in [5.41, 5.74) is 1.43. The first-order chi connectivity index (χ1) is 11.7. The Labute approximate surface area is 138 Å². The quantitative estimate of drug-likeness (QED) is 0.705. The molecule has 0 aliphatic heterocycles. The molecule has 0 saturated carbocycles. The first-order valence-corrected chi connectivity index (χ1v) is 7.49. The summed E-state index contributed by atoms with van der Waals surface area (Å²) in [5, 5.41) is 6.28. The van der Waals surface area contributed by atoms with Gasteiger partial charge < -0.3 is 15.4 Å². The summed E-state index contributed by atoms with van der Waals surface area (Å²) in [6.07, 6.45) is 1.74. The van der Waals surface area contributed by atoms with E-state index in [-0.39, 0.29) is 11.8 Å². The van der Waals surface area contributed by atoms with Crippen molar-refractivity contribution in [2.45, 2.75) is 0 Å². The summed E-state index contributed by atoms with van der Waals surface area (Å²) in [7, 11) is 0. The van der Waals surface area contributed by atoms with Gasteiger partial charge in [-0.25, -0.2) is 9.18 Å². The third-order valence-corrected chi connectivity index (χ3v) is 3.33. The number of halogens is 1. The Hall–Kier alpha value is -3.15. The predicted molar refractivity (Wildman–Crippen MR) is 90.7 cm³/mol. The second-order valence-electron chi connectivity index (χ2n) is 5.09. The van der Waals surface area contributed by atoms with E-state index in [4.69, 9.17) is 4.74 Å². The monoisotopic (exact) mass is 325 g/mol. The van der Waals surface area contributed by atoms with Gasteiger partial charge in [0.1, 0.15) is 18.2 Å². The number of hydrogen-bond donors (Lipinski definition) is 2. The molecular formula is C18H16FN3O2. The molecule has 24 heavy (non-hydrogen) atoms. The van der Waals surface area contributed by atoms with Crippen molar-refractivity contribution in [3.8, 4) is 5.75 Å². The highest BCUT2D eigenvalue weighted by molar-refractivity contribution is 5.89. The van der Waals surface area contributed by atoms with Crippen molar-refractivity contribution >= 4 is 22.6 Å². The lowest BCUT2D eigenvalue weighted by molar-refractivity contribution is 0.247. The summed E-state index contributed by atoms with van der Waals surface area (Å²) < 4.78 is 18.4. The van der Waals surface area contributed by atoms with Gasteiger partial charge in [0, 0.05) is 17.3 Å². The lowest BCUT2D eigenvalue weighted by atomic mass is 10.2. The van der Waals surface area contributed by atoms with Gasteiger partial charge >= 0.3 is 6.03 Å². The third-order valence-electron chi connectivity index (χ3n) is 3.33. The minimum Gasteiger partial charge on any atom is -0.492 e. The van der Waals surface area contributed by atoms with Crippen LogP contribution in [0.15, 0.2) is 60.8 Å². The number of urea groups is 1. The highest BCUT2D eigenvalue weighted by Crippen LogP contribution is 2.18. The molecule has 1 heterocycles. The molecule has 122 valence electrons. The van der Waals surface area contributed by atoms with Crippen molar-refractivity contribution in [1.82, 2.24) is 10.3 Å². The zero-order chi connectivity index (χ0) is 16.8. The Balaban J connectivity index is 1.44. The predicted octanol–water partition coefficient (Wildman–Crippen LogP) is 3.57. The van der Waals surface area contributed by atoms with Crippen molar-refractivity contribution in [3.63, 3.8) is 0 Å². The van der Waals surface area contributed by atoms with Crippen molar-refractivity contribution < 1.29 is 13.9 Å². The molecule has 0 radical (unpaired) electrons. The van der Waals surface area contributed by atoms with Crippen LogP contribution in [0, 0.1) is 5.82 Å². The van der Waals surface area contributed by atoms with Crippen LogP contribution in [0.1, 0.15) is 0 Å². The number of nitrogens with one attached hydrogen (secondary N) is 2. The van der Waals surface area contributed by atoms with Crippen LogP contribution in [0.2, 0.25) is 0 Å². The largest absolute Gasteiger partial charge is 0.492 e. The molecule has 3 aromatic rings. The van der Waals surface area contributed by atoms with E-state index < -0.39 is 0 Å². The summed E-state index contributed by atoms with van der Waals surface area (Å²) >= 11 is 0. The van der Waals surface area contributed by atoms with Crippen LogP contribution in [-0.4, -0.2) is 24.2 Å². The molecule has 5 nitrogen and oxygen atoms in total. The number of ether oxygens (including phenoxy) is 1. The first kappa shape index (κ1) is 15.7. The summed E-state index contributed by atoms with van der Waals surface area (Å²) in [4.78, 5) is 15.9. The van der Waals surface area contributed by atoms with Crippen LogP contribution < -0.4 is 15.4 Å². The fourth-order valence-electron chi connectivity index (χ4n) is 2.19. The molecule has 0 unspecified atom stereocenters. The van der Waals surface area contributed by atoms with Crippen LogP contribution in [0.5, 0.6) is 5.75 Å². The highest BCUT2D eigenvalue weighted by Gasteiger charge is 2.02. The second kappa shape index (κ2) is 7.41. The lowest BCUT2D eigenvalue weighted by Gasteiger charge is -2.09. The zero-order valence-corrected chi connectivity index (χ0v) is 12.8. The van der Waals surface area contributed by atoms with Gasteiger partial charge in [-0.3, -0.25) is 4.98 Å². The van der Waals surface area contributed by atoms with E-state index in [0.29, 0.717) is 18.8 Å². The molecular weight excluding hydrogens is 309 g/mol. The summed E-state index contributed by atoms with van der Waals surface area (Å²) in [6.45, 7) is 0.681. The molecule has 2 aromatic carbocycles. The Morgan fingerprint density at radius 2 is 1.96 bits per heavy atom. The van der Waals surface area contributed by atoms with Gasteiger partial charge in [0.15, 0.2) is 0 Å². The zero-order valence-electron chi connectivity index (χ0n) is 12.8. The van der Waals surface area contributed by atoms with E-state index in [0.717, 1.165) is 16.7 Å². The summed E-state index contributed by atoms with van der Waals surface area (Å²) in [5.74, 6) is 0.371. The van der Waals surface area contributed by atoms with Crippen LogP contribution in [0.4, 0.5) is 14.9 Å². The SMILES string of the molecule is O=C(NCCOc1ccc2ncccc2c1)Nc1ccc(F)cc1.